The van der Waals surface area contributed by atoms with Crippen LogP contribution in [0.4, 0.5) is 5.69 Å². The van der Waals surface area contributed by atoms with Crippen molar-refractivity contribution in [1.29, 1.82) is 0 Å². The first-order valence-corrected chi connectivity index (χ1v) is 5.91. The lowest BCUT2D eigenvalue weighted by molar-refractivity contribution is -0.115. The Bertz CT molecular complexity index is 349. The van der Waals surface area contributed by atoms with E-state index in [2.05, 4.69) is 36.9 Å². The van der Waals surface area contributed by atoms with Gasteiger partial charge in [-0.3, -0.25) is 4.79 Å². The van der Waals surface area contributed by atoms with Crippen LogP contribution in [0.5, 0.6) is 0 Å². The van der Waals surface area contributed by atoms with E-state index < -0.39 is 0 Å². The summed E-state index contributed by atoms with van der Waals surface area (Å²) >= 11 is 0. The van der Waals surface area contributed by atoms with E-state index in [0.29, 0.717) is 6.54 Å². The van der Waals surface area contributed by atoms with Crippen LogP contribution in [-0.4, -0.2) is 19.4 Å². The smallest absolute Gasteiger partial charge is 0.149 e. The molecule has 2 heteroatoms. The lowest BCUT2D eigenvalue weighted by Crippen LogP contribution is -2.25. The number of benzene rings is 1. The fourth-order valence-electron chi connectivity index (χ4n) is 2.12. The molecule has 0 aromatic heterocycles. The van der Waals surface area contributed by atoms with Crippen molar-refractivity contribution in [2.24, 2.45) is 0 Å². The topological polar surface area (TPSA) is 20.3 Å². The number of hydrogen-bond acceptors (Lipinski definition) is 2. The number of ketones is 1. The minimum absolute atomic E-state index is 0.204. The molecule has 88 valence electrons. The Morgan fingerprint density at radius 3 is 2.06 bits per heavy atom. The van der Waals surface area contributed by atoms with Crippen LogP contribution >= 0.6 is 0 Å². The van der Waals surface area contributed by atoms with E-state index in [1.54, 1.807) is 6.92 Å². The first kappa shape index (κ1) is 12.8. The third-order valence-electron chi connectivity index (χ3n) is 2.81. The second kappa shape index (κ2) is 5.69. The van der Waals surface area contributed by atoms with Crippen molar-refractivity contribution in [3.8, 4) is 0 Å². The molecule has 0 saturated heterocycles. The monoisotopic (exact) mass is 219 g/mol. The summed E-state index contributed by atoms with van der Waals surface area (Å²) in [6.45, 7) is 6.43. The van der Waals surface area contributed by atoms with Crippen molar-refractivity contribution < 1.29 is 4.79 Å². The quantitative estimate of drug-likeness (QED) is 0.759. The van der Waals surface area contributed by atoms with Crippen LogP contribution in [0, 0.1) is 0 Å². The number of carbonyl (C=O) groups excluding carboxylic acids is 1. The number of nitrogens with zero attached hydrogens (tertiary/aromatic N) is 1. The van der Waals surface area contributed by atoms with Gasteiger partial charge in [-0.1, -0.05) is 32.0 Å². The van der Waals surface area contributed by atoms with E-state index >= 15 is 0 Å². The van der Waals surface area contributed by atoms with Crippen molar-refractivity contribution in [1.82, 2.24) is 0 Å². The molecule has 0 spiro atoms. The maximum absolute atomic E-state index is 11.2. The highest BCUT2D eigenvalue weighted by Gasteiger charge is 2.11. The summed E-state index contributed by atoms with van der Waals surface area (Å²) in [6.07, 6.45) is 2.01. The predicted octanol–water partition coefficient (Wildman–Crippen LogP) is 2.84. The standard InChI is InChI=1S/C14H21NO/c1-5-12-8-7-9-13(6-2)14(12)15(4)10-11(3)16/h7-9H,5-6,10H2,1-4H3. The summed E-state index contributed by atoms with van der Waals surface area (Å²) in [5, 5.41) is 0. The van der Waals surface area contributed by atoms with Gasteiger partial charge < -0.3 is 4.90 Å². The average molecular weight is 219 g/mol. The molecule has 0 radical (unpaired) electrons. The highest BCUT2D eigenvalue weighted by molar-refractivity contribution is 5.81. The minimum Gasteiger partial charge on any atom is -0.367 e. The van der Waals surface area contributed by atoms with Gasteiger partial charge in [0.2, 0.25) is 0 Å². The van der Waals surface area contributed by atoms with Gasteiger partial charge >= 0.3 is 0 Å². The molecule has 2 nitrogen and oxygen atoms in total. The molecule has 1 rings (SSSR count). The van der Waals surface area contributed by atoms with E-state index in [1.807, 2.05) is 7.05 Å². The molecule has 0 aliphatic heterocycles. The molecule has 0 bridgehead atoms. The van der Waals surface area contributed by atoms with Crippen LogP contribution in [0.3, 0.4) is 0 Å². The highest BCUT2D eigenvalue weighted by atomic mass is 16.1. The average Bonchev–Trinajstić information content (AvgIpc) is 2.26. The Hall–Kier alpha value is -1.31. The number of Topliss-reactive ketones (excluding diaryl/α,β-unsaturated/α-hetero) is 1. The summed E-state index contributed by atoms with van der Waals surface area (Å²) in [7, 11) is 2.00. The lowest BCUT2D eigenvalue weighted by Gasteiger charge is -2.24. The molecule has 0 saturated carbocycles. The van der Waals surface area contributed by atoms with Gasteiger partial charge in [-0.15, -0.1) is 0 Å². The molecule has 16 heavy (non-hydrogen) atoms. The zero-order chi connectivity index (χ0) is 12.1. The highest BCUT2D eigenvalue weighted by Crippen LogP contribution is 2.25. The van der Waals surface area contributed by atoms with Gasteiger partial charge in [0.05, 0.1) is 6.54 Å². The summed E-state index contributed by atoms with van der Waals surface area (Å²) < 4.78 is 0. The molecule has 0 aliphatic rings. The second-order valence-corrected chi connectivity index (χ2v) is 4.19. The van der Waals surface area contributed by atoms with E-state index in [0.717, 1.165) is 12.8 Å². The van der Waals surface area contributed by atoms with Gasteiger partial charge in [0.25, 0.3) is 0 Å². The Balaban J connectivity index is 3.12. The molecular weight excluding hydrogens is 198 g/mol. The van der Waals surface area contributed by atoms with Gasteiger partial charge in [-0.2, -0.15) is 0 Å². The van der Waals surface area contributed by atoms with E-state index in [4.69, 9.17) is 0 Å². The molecule has 0 heterocycles. The van der Waals surface area contributed by atoms with Crippen molar-refractivity contribution in [3.05, 3.63) is 29.3 Å². The number of hydrogen-bond donors (Lipinski definition) is 0. The molecular formula is C14H21NO. The zero-order valence-corrected chi connectivity index (χ0v) is 10.7. The van der Waals surface area contributed by atoms with Crippen molar-refractivity contribution >= 4 is 11.5 Å². The van der Waals surface area contributed by atoms with Gasteiger partial charge in [0, 0.05) is 12.7 Å². The van der Waals surface area contributed by atoms with E-state index in [9.17, 15) is 4.79 Å². The van der Waals surface area contributed by atoms with Gasteiger partial charge in [0.15, 0.2) is 0 Å². The Morgan fingerprint density at radius 2 is 1.69 bits per heavy atom. The maximum atomic E-state index is 11.2. The summed E-state index contributed by atoms with van der Waals surface area (Å²) in [5.74, 6) is 0.204. The van der Waals surface area contributed by atoms with Crippen molar-refractivity contribution in [3.63, 3.8) is 0 Å². The first-order chi connectivity index (χ1) is 7.60. The molecule has 0 N–H and O–H groups in total. The van der Waals surface area contributed by atoms with Crippen LogP contribution < -0.4 is 4.90 Å². The predicted molar refractivity (Wildman–Crippen MR) is 69.1 cm³/mol. The Kier molecular flexibility index (Phi) is 4.53. The van der Waals surface area contributed by atoms with E-state index in [1.165, 1.54) is 16.8 Å². The number of para-hydroxylation sites is 1. The molecule has 1 aromatic rings. The van der Waals surface area contributed by atoms with Crippen LogP contribution in [0.1, 0.15) is 31.9 Å². The fourth-order valence-corrected chi connectivity index (χ4v) is 2.12. The molecule has 1 aromatic carbocycles. The third kappa shape index (κ3) is 2.84. The Labute approximate surface area is 98.3 Å². The van der Waals surface area contributed by atoms with Gasteiger partial charge in [0.1, 0.15) is 5.78 Å². The van der Waals surface area contributed by atoms with Gasteiger partial charge in [-0.05, 0) is 30.9 Å². The number of rotatable bonds is 5. The SMILES string of the molecule is CCc1cccc(CC)c1N(C)CC(C)=O. The molecule has 0 amide bonds. The van der Waals surface area contributed by atoms with Crippen LogP contribution in [-0.2, 0) is 17.6 Å². The lowest BCUT2D eigenvalue weighted by atomic mass is 10.0. The summed E-state index contributed by atoms with van der Waals surface area (Å²) in [5.41, 5.74) is 3.88. The molecule has 0 atom stereocenters. The van der Waals surface area contributed by atoms with E-state index in [-0.39, 0.29) is 5.78 Å². The third-order valence-corrected chi connectivity index (χ3v) is 2.81. The zero-order valence-electron chi connectivity index (χ0n) is 10.7. The van der Waals surface area contributed by atoms with Crippen LogP contribution in [0.25, 0.3) is 0 Å². The largest absolute Gasteiger partial charge is 0.367 e. The number of likely N-dealkylation sites (N-methyl/N-ethyl adjacent to an activating group) is 1. The number of aryl methyl sites for hydroxylation is 2. The molecule has 0 unspecified atom stereocenters. The fraction of sp³-hybridized carbons (Fsp3) is 0.500. The summed E-state index contributed by atoms with van der Waals surface area (Å²) in [4.78, 5) is 13.3. The van der Waals surface area contributed by atoms with Crippen LogP contribution in [0.15, 0.2) is 18.2 Å². The van der Waals surface area contributed by atoms with Crippen molar-refractivity contribution in [2.75, 3.05) is 18.5 Å². The van der Waals surface area contributed by atoms with Gasteiger partial charge in [-0.25, -0.2) is 0 Å². The Morgan fingerprint density at radius 1 is 1.19 bits per heavy atom. The first-order valence-electron chi connectivity index (χ1n) is 5.91. The second-order valence-electron chi connectivity index (χ2n) is 4.19. The minimum atomic E-state index is 0.204. The molecule has 0 fully saturated rings. The van der Waals surface area contributed by atoms with Crippen LogP contribution in [0.2, 0.25) is 0 Å². The van der Waals surface area contributed by atoms with Crippen molar-refractivity contribution in [2.45, 2.75) is 33.6 Å². The molecule has 0 aliphatic carbocycles. The summed E-state index contributed by atoms with van der Waals surface area (Å²) in [6, 6.07) is 6.39. The number of anilines is 1. The number of carbonyl (C=O) groups is 1. The normalized spacial score (nSPS) is 10.2. The maximum Gasteiger partial charge on any atom is 0.149 e.